The Hall–Kier alpha value is -0.270. The zero-order valence-corrected chi connectivity index (χ0v) is 7.08. The molecule has 54 valence electrons. The third-order valence-electron chi connectivity index (χ3n) is 1.25. The summed E-state index contributed by atoms with van der Waals surface area (Å²) in [5.74, 6) is 0. The van der Waals surface area contributed by atoms with E-state index in [2.05, 4.69) is 4.99 Å². The molecule has 0 radical (unpaired) electrons. The molecule has 1 aliphatic rings. The van der Waals surface area contributed by atoms with E-state index >= 15 is 0 Å². The highest BCUT2D eigenvalue weighted by molar-refractivity contribution is 6.39. The molecule has 0 aromatic heterocycles. The van der Waals surface area contributed by atoms with E-state index in [4.69, 9.17) is 23.2 Å². The van der Waals surface area contributed by atoms with Gasteiger partial charge >= 0.3 is 0 Å². The number of allylic oxidation sites excluding steroid dienone is 4. The van der Waals surface area contributed by atoms with Crippen LogP contribution in [0, 0.1) is 0 Å². The lowest BCUT2D eigenvalue weighted by Crippen LogP contribution is -1.72. The van der Waals surface area contributed by atoms with Gasteiger partial charge in [0.2, 0.25) is 0 Å². The molecule has 1 aliphatic heterocycles. The van der Waals surface area contributed by atoms with Gasteiger partial charge in [0.15, 0.2) is 0 Å². The summed E-state index contributed by atoms with van der Waals surface area (Å²) >= 11 is 11.5. The number of rotatable bonds is 0. The highest BCUT2D eigenvalue weighted by Gasteiger charge is 2.00. The molecule has 3 heteroatoms. The quantitative estimate of drug-likeness (QED) is 0.537. The van der Waals surface area contributed by atoms with Crippen molar-refractivity contribution in [2.45, 2.75) is 13.3 Å². The van der Waals surface area contributed by atoms with Gasteiger partial charge in [-0.15, -0.1) is 0 Å². The highest BCUT2D eigenvalue weighted by Crippen LogP contribution is 2.19. The molecule has 0 saturated carbocycles. The largest absolute Gasteiger partial charge is 0.259 e. The Bertz CT molecular complexity index is 226. The summed E-state index contributed by atoms with van der Waals surface area (Å²) in [5, 5.41) is 1.40. The van der Waals surface area contributed by atoms with Gasteiger partial charge in [-0.2, -0.15) is 0 Å². The van der Waals surface area contributed by atoms with Gasteiger partial charge in [0, 0.05) is 17.7 Å². The first-order valence-corrected chi connectivity index (χ1v) is 3.70. The lowest BCUT2D eigenvalue weighted by molar-refractivity contribution is 1.22. The van der Waals surface area contributed by atoms with E-state index < -0.39 is 0 Å². The minimum atomic E-state index is 0.648. The van der Waals surface area contributed by atoms with E-state index in [0.29, 0.717) is 11.5 Å². The fourth-order valence-electron chi connectivity index (χ4n) is 0.616. The van der Waals surface area contributed by atoms with Crippen molar-refractivity contribution in [1.29, 1.82) is 0 Å². The third kappa shape index (κ3) is 1.86. The maximum Gasteiger partial charge on any atom is 0.0552 e. The molecule has 0 N–H and O–H groups in total. The van der Waals surface area contributed by atoms with Crippen molar-refractivity contribution in [3.05, 3.63) is 21.8 Å². The Balaban J connectivity index is 2.89. The van der Waals surface area contributed by atoms with Crippen molar-refractivity contribution >= 4 is 29.4 Å². The van der Waals surface area contributed by atoms with Crippen molar-refractivity contribution < 1.29 is 0 Å². The minimum absolute atomic E-state index is 0.648. The molecule has 10 heavy (non-hydrogen) atoms. The van der Waals surface area contributed by atoms with Crippen LogP contribution in [0.1, 0.15) is 13.3 Å². The van der Waals surface area contributed by atoms with Crippen LogP contribution in [0.15, 0.2) is 26.8 Å². The fourth-order valence-corrected chi connectivity index (χ4v) is 0.868. The van der Waals surface area contributed by atoms with Crippen molar-refractivity contribution in [2.75, 3.05) is 0 Å². The summed E-state index contributed by atoms with van der Waals surface area (Å²) in [6, 6.07) is 0. The molecule has 0 amide bonds. The van der Waals surface area contributed by atoms with E-state index in [-0.39, 0.29) is 0 Å². The van der Waals surface area contributed by atoms with Crippen molar-refractivity contribution in [3.8, 4) is 0 Å². The first kappa shape index (κ1) is 7.83. The normalized spacial score (nSPS) is 18.9. The summed E-state index contributed by atoms with van der Waals surface area (Å²) in [6.45, 7) is 1.86. The molecule has 0 fully saturated rings. The summed E-state index contributed by atoms with van der Waals surface area (Å²) in [4.78, 5) is 4.01. The first-order valence-electron chi connectivity index (χ1n) is 2.95. The SMILES string of the molecule is CC1=C(Cl)CC=C(Cl)C=N1. The fraction of sp³-hybridized carbons (Fsp3) is 0.286. The number of hydrogen-bond acceptors (Lipinski definition) is 1. The van der Waals surface area contributed by atoms with E-state index in [1.54, 1.807) is 6.21 Å². The molecule has 0 atom stereocenters. The second-order valence-electron chi connectivity index (χ2n) is 2.04. The van der Waals surface area contributed by atoms with Crippen LogP contribution in [0.5, 0.6) is 0 Å². The Morgan fingerprint density at radius 2 is 2.20 bits per heavy atom. The minimum Gasteiger partial charge on any atom is -0.259 e. The van der Waals surface area contributed by atoms with Crippen LogP contribution in [0.3, 0.4) is 0 Å². The average Bonchev–Trinajstić information content (AvgIpc) is 2.04. The topological polar surface area (TPSA) is 12.4 Å². The van der Waals surface area contributed by atoms with Crippen LogP contribution in [0.2, 0.25) is 0 Å². The standard InChI is InChI=1S/C7H7Cl2N/c1-5-7(9)3-2-6(8)4-10-5/h2,4H,3H2,1H3. The molecule has 1 heterocycles. The van der Waals surface area contributed by atoms with Gasteiger partial charge in [-0.3, -0.25) is 4.99 Å². The molecule has 0 saturated heterocycles. The molecule has 1 rings (SSSR count). The number of nitrogens with zero attached hydrogens (tertiary/aromatic N) is 1. The van der Waals surface area contributed by atoms with E-state index in [1.807, 2.05) is 13.0 Å². The van der Waals surface area contributed by atoms with Crippen LogP contribution in [0.4, 0.5) is 0 Å². The van der Waals surface area contributed by atoms with Gasteiger partial charge in [0.05, 0.1) is 10.7 Å². The number of hydrogen-bond donors (Lipinski definition) is 0. The van der Waals surface area contributed by atoms with Crippen LogP contribution in [-0.4, -0.2) is 6.21 Å². The molecular formula is C7H7Cl2N. The molecule has 1 nitrogen and oxygen atoms in total. The molecule has 0 spiro atoms. The van der Waals surface area contributed by atoms with Crippen LogP contribution in [-0.2, 0) is 0 Å². The summed E-state index contributed by atoms with van der Waals surface area (Å²) in [6.07, 6.45) is 4.13. The van der Waals surface area contributed by atoms with Crippen molar-refractivity contribution in [3.63, 3.8) is 0 Å². The highest BCUT2D eigenvalue weighted by atomic mass is 35.5. The van der Waals surface area contributed by atoms with Crippen molar-refractivity contribution in [1.82, 2.24) is 0 Å². The molecule has 0 bridgehead atoms. The van der Waals surface area contributed by atoms with Crippen LogP contribution in [0.25, 0.3) is 0 Å². The Morgan fingerprint density at radius 1 is 1.50 bits per heavy atom. The molecule has 0 unspecified atom stereocenters. The van der Waals surface area contributed by atoms with Crippen molar-refractivity contribution in [2.24, 2.45) is 4.99 Å². The monoisotopic (exact) mass is 175 g/mol. The third-order valence-corrected chi connectivity index (χ3v) is 1.93. The van der Waals surface area contributed by atoms with E-state index in [1.165, 1.54) is 0 Å². The molecule has 0 aromatic rings. The maximum atomic E-state index is 5.80. The Morgan fingerprint density at radius 3 is 2.90 bits per heavy atom. The van der Waals surface area contributed by atoms with Gasteiger partial charge in [-0.05, 0) is 6.92 Å². The van der Waals surface area contributed by atoms with E-state index in [0.717, 1.165) is 10.7 Å². The second kappa shape index (κ2) is 3.22. The smallest absolute Gasteiger partial charge is 0.0552 e. The predicted octanol–water partition coefficient (Wildman–Crippen LogP) is 3.05. The zero-order valence-electron chi connectivity index (χ0n) is 5.56. The van der Waals surface area contributed by atoms with Gasteiger partial charge < -0.3 is 0 Å². The van der Waals surface area contributed by atoms with E-state index in [9.17, 15) is 0 Å². The zero-order chi connectivity index (χ0) is 7.56. The average molecular weight is 176 g/mol. The van der Waals surface area contributed by atoms with Gasteiger partial charge in [0.1, 0.15) is 0 Å². The summed E-state index contributed by atoms with van der Waals surface area (Å²) in [7, 11) is 0. The molecule has 0 aliphatic carbocycles. The lowest BCUT2D eigenvalue weighted by Gasteiger charge is -1.92. The second-order valence-corrected chi connectivity index (χ2v) is 2.93. The number of aliphatic imine (C=N–C) groups is 1. The molecular weight excluding hydrogens is 169 g/mol. The van der Waals surface area contributed by atoms with Crippen LogP contribution < -0.4 is 0 Å². The Kier molecular flexibility index (Phi) is 2.52. The molecule has 0 aromatic carbocycles. The number of halogens is 2. The van der Waals surface area contributed by atoms with Crippen LogP contribution >= 0.6 is 23.2 Å². The van der Waals surface area contributed by atoms with Gasteiger partial charge in [-0.25, -0.2) is 0 Å². The van der Waals surface area contributed by atoms with Gasteiger partial charge in [0.25, 0.3) is 0 Å². The lowest BCUT2D eigenvalue weighted by atomic mass is 10.3. The predicted molar refractivity (Wildman–Crippen MR) is 45.6 cm³/mol. The van der Waals surface area contributed by atoms with Gasteiger partial charge in [-0.1, -0.05) is 29.3 Å². The maximum absolute atomic E-state index is 5.80. The summed E-state index contributed by atoms with van der Waals surface area (Å²) in [5.41, 5.74) is 0.841. The Labute approximate surface area is 70.0 Å². The first-order chi connectivity index (χ1) is 4.70. The summed E-state index contributed by atoms with van der Waals surface area (Å²) < 4.78 is 0.